The Morgan fingerprint density at radius 2 is 1.81 bits per heavy atom. The zero-order valence-electron chi connectivity index (χ0n) is 14.6. The Morgan fingerprint density at radius 1 is 1.08 bits per heavy atom. The van der Waals surface area contributed by atoms with E-state index in [1.807, 2.05) is 0 Å². The monoisotopic (exact) mass is 376 g/mol. The van der Waals surface area contributed by atoms with E-state index in [9.17, 15) is 13.2 Å². The number of hydrogen-bond donors (Lipinski definition) is 1. The minimum absolute atomic E-state index is 0.105. The highest BCUT2D eigenvalue weighted by molar-refractivity contribution is 7.93. The molecule has 8 heteroatoms. The first-order valence-corrected chi connectivity index (χ1v) is 9.70. The summed E-state index contributed by atoms with van der Waals surface area (Å²) in [5.74, 6) is 0.656. The van der Waals surface area contributed by atoms with Crippen LogP contribution in [0.1, 0.15) is 16.8 Å². The number of carbonyl (C=O) groups excluding carboxylic acids is 1. The fourth-order valence-corrected chi connectivity index (χ4v) is 4.47. The molecule has 1 fully saturated rings. The number of amides is 1. The maximum atomic E-state index is 12.6. The molecule has 0 bridgehead atoms. The molecule has 0 unspecified atom stereocenters. The average molecular weight is 376 g/mol. The van der Waals surface area contributed by atoms with Crippen LogP contribution in [0.5, 0.6) is 11.5 Å². The van der Waals surface area contributed by atoms with Gasteiger partial charge in [0.1, 0.15) is 11.5 Å². The van der Waals surface area contributed by atoms with Crippen LogP contribution in [-0.2, 0) is 10.0 Å². The number of benzene rings is 2. The van der Waals surface area contributed by atoms with Crippen LogP contribution in [0, 0.1) is 0 Å². The van der Waals surface area contributed by atoms with Crippen molar-refractivity contribution in [2.24, 2.45) is 0 Å². The molecule has 7 nitrogen and oxygen atoms in total. The smallest absolute Gasteiger partial charge is 0.259 e. The Balaban J connectivity index is 1.92. The van der Waals surface area contributed by atoms with Gasteiger partial charge in [-0.15, -0.1) is 0 Å². The third kappa shape index (κ3) is 3.45. The van der Waals surface area contributed by atoms with Gasteiger partial charge >= 0.3 is 0 Å². The van der Waals surface area contributed by atoms with Gasteiger partial charge in [0.15, 0.2) is 0 Å². The molecule has 1 heterocycles. The van der Waals surface area contributed by atoms with Crippen LogP contribution in [0.2, 0.25) is 0 Å². The van der Waals surface area contributed by atoms with Gasteiger partial charge in [0.05, 0.1) is 31.2 Å². The highest BCUT2D eigenvalue weighted by Gasteiger charge is 2.30. The Morgan fingerprint density at radius 3 is 2.46 bits per heavy atom. The summed E-state index contributed by atoms with van der Waals surface area (Å²) in [6, 6.07) is 11.8. The standard InChI is InChI=1S/C18H20N2O5S/c1-24-16-7-4-3-6-14(16)18(21)19-13-8-9-17(25-2)15(12-13)20-10-5-11-26(20,22)23/h3-4,6-9,12H,5,10-11H2,1-2H3,(H,19,21). The van der Waals surface area contributed by atoms with Crippen molar-refractivity contribution < 1.29 is 22.7 Å². The van der Waals surface area contributed by atoms with Gasteiger partial charge in [-0.05, 0) is 36.8 Å². The minimum atomic E-state index is -3.36. The highest BCUT2D eigenvalue weighted by Crippen LogP contribution is 2.35. The number of carbonyl (C=O) groups is 1. The zero-order chi connectivity index (χ0) is 18.7. The maximum absolute atomic E-state index is 12.6. The predicted octanol–water partition coefficient (Wildman–Crippen LogP) is 2.50. The summed E-state index contributed by atoms with van der Waals surface area (Å²) in [6.45, 7) is 0.391. The largest absolute Gasteiger partial charge is 0.496 e. The number of nitrogens with zero attached hydrogens (tertiary/aromatic N) is 1. The van der Waals surface area contributed by atoms with Gasteiger partial charge in [-0.3, -0.25) is 9.10 Å². The van der Waals surface area contributed by atoms with Gasteiger partial charge in [0.25, 0.3) is 5.91 Å². The van der Waals surface area contributed by atoms with Crippen molar-refractivity contribution in [3.8, 4) is 11.5 Å². The van der Waals surface area contributed by atoms with Crippen molar-refractivity contribution in [2.45, 2.75) is 6.42 Å². The third-order valence-electron chi connectivity index (χ3n) is 4.16. The number of methoxy groups -OCH3 is 2. The van der Waals surface area contributed by atoms with Crippen molar-refractivity contribution in [3.63, 3.8) is 0 Å². The second kappa shape index (κ2) is 7.25. The lowest BCUT2D eigenvalue weighted by atomic mass is 10.1. The van der Waals surface area contributed by atoms with Crippen LogP contribution in [0.4, 0.5) is 11.4 Å². The van der Waals surface area contributed by atoms with E-state index in [-0.39, 0.29) is 11.7 Å². The van der Waals surface area contributed by atoms with Crippen molar-refractivity contribution in [2.75, 3.05) is 36.1 Å². The van der Waals surface area contributed by atoms with E-state index in [1.54, 1.807) is 42.5 Å². The van der Waals surface area contributed by atoms with Crippen LogP contribution in [0.3, 0.4) is 0 Å². The third-order valence-corrected chi connectivity index (χ3v) is 6.01. The van der Waals surface area contributed by atoms with Crippen LogP contribution in [0.15, 0.2) is 42.5 Å². The van der Waals surface area contributed by atoms with Crippen LogP contribution >= 0.6 is 0 Å². The molecule has 0 aliphatic carbocycles. The van der Waals surface area contributed by atoms with Crippen LogP contribution in [0.25, 0.3) is 0 Å². The molecule has 1 aliphatic heterocycles. The Bertz CT molecular complexity index is 927. The second-order valence-corrected chi connectivity index (χ2v) is 7.80. The Labute approximate surface area is 152 Å². The normalized spacial score (nSPS) is 15.5. The zero-order valence-corrected chi connectivity index (χ0v) is 15.4. The van der Waals surface area contributed by atoms with Gasteiger partial charge < -0.3 is 14.8 Å². The molecule has 3 rings (SSSR count). The highest BCUT2D eigenvalue weighted by atomic mass is 32.2. The minimum Gasteiger partial charge on any atom is -0.496 e. The van der Waals surface area contributed by atoms with E-state index in [1.165, 1.54) is 18.5 Å². The molecule has 0 spiro atoms. The molecule has 1 saturated heterocycles. The second-order valence-electron chi connectivity index (χ2n) is 5.78. The molecule has 0 atom stereocenters. The predicted molar refractivity (Wildman–Crippen MR) is 99.7 cm³/mol. The molecule has 0 aromatic heterocycles. The van der Waals surface area contributed by atoms with Crippen molar-refractivity contribution in [1.29, 1.82) is 0 Å². The van der Waals surface area contributed by atoms with Gasteiger partial charge in [-0.2, -0.15) is 0 Å². The van der Waals surface area contributed by atoms with Gasteiger partial charge in [0.2, 0.25) is 10.0 Å². The molecule has 1 amide bonds. The van der Waals surface area contributed by atoms with E-state index in [0.29, 0.717) is 41.4 Å². The first-order chi connectivity index (χ1) is 12.5. The number of hydrogen-bond acceptors (Lipinski definition) is 5. The van der Waals surface area contributed by atoms with Crippen molar-refractivity contribution in [1.82, 2.24) is 0 Å². The molecule has 138 valence electrons. The number of rotatable bonds is 5. The maximum Gasteiger partial charge on any atom is 0.259 e. The first kappa shape index (κ1) is 18.1. The van der Waals surface area contributed by atoms with E-state index < -0.39 is 10.0 Å². The Hall–Kier alpha value is -2.74. The lowest BCUT2D eigenvalue weighted by Crippen LogP contribution is -2.25. The summed E-state index contributed by atoms with van der Waals surface area (Å²) in [5.41, 5.74) is 1.28. The summed E-state index contributed by atoms with van der Waals surface area (Å²) in [5, 5.41) is 2.78. The van der Waals surface area contributed by atoms with E-state index >= 15 is 0 Å². The number of ether oxygens (including phenoxy) is 2. The van der Waals surface area contributed by atoms with E-state index in [2.05, 4.69) is 5.32 Å². The fraction of sp³-hybridized carbons (Fsp3) is 0.278. The molecule has 1 aliphatic rings. The van der Waals surface area contributed by atoms with Gasteiger partial charge in [-0.25, -0.2) is 8.42 Å². The van der Waals surface area contributed by atoms with Crippen molar-refractivity contribution in [3.05, 3.63) is 48.0 Å². The van der Waals surface area contributed by atoms with Gasteiger partial charge in [-0.1, -0.05) is 12.1 Å². The van der Waals surface area contributed by atoms with E-state index in [4.69, 9.17) is 9.47 Å². The quantitative estimate of drug-likeness (QED) is 0.867. The summed E-state index contributed by atoms with van der Waals surface area (Å²) < 4.78 is 36.3. The van der Waals surface area contributed by atoms with Gasteiger partial charge in [0, 0.05) is 12.2 Å². The average Bonchev–Trinajstić information content (AvgIpc) is 3.00. The molecular formula is C18H20N2O5S. The summed E-state index contributed by atoms with van der Waals surface area (Å²) in [4.78, 5) is 12.6. The number of para-hydroxylation sites is 1. The summed E-state index contributed by atoms with van der Waals surface area (Å²) in [6.07, 6.45) is 0.559. The molecule has 26 heavy (non-hydrogen) atoms. The summed E-state index contributed by atoms with van der Waals surface area (Å²) in [7, 11) is -0.384. The molecule has 2 aromatic carbocycles. The Kier molecular flexibility index (Phi) is 5.03. The number of nitrogens with one attached hydrogen (secondary N) is 1. The molecule has 1 N–H and O–H groups in total. The SMILES string of the molecule is COc1ccccc1C(=O)Nc1ccc(OC)c(N2CCCS2(=O)=O)c1. The lowest BCUT2D eigenvalue weighted by Gasteiger charge is -2.21. The van der Waals surface area contributed by atoms with Crippen LogP contribution in [-0.4, -0.2) is 40.8 Å². The summed E-state index contributed by atoms with van der Waals surface area (Å²) >= 11 is 0. The van der Waals surface area contributed by atoms with Crippen molar-refractivity contribution >= 4 is 27.3 Å². The number of sulfonamides is 1. The molecule has 0 radical (unpaired) electrons. The number of anilines is 2. The molecule has 0 saturated carbocycles. The lowest BCUT2D eigenvalue weighted by molar-refractivity contribution is 0.102. The van der Waals surface area contributed by atoms with E-state index in [0.717, 1.165) is 0 Å². The topological polar surface area (TPSA) is 84.9 Å². The first-order valence-electron chi connectivity index (χ1n) is 8.09. The molecular weight excluding hydrogens is 356 g/mol. The molecule has 2 aromatic rings. The van der Waals surface area contributed by atoms with Crippen LogP contribution < -0.4 is 19.1 Å². The fourth-order valence-electron chi connectivity index (χ4n) is 2.90.